The Morgan fingerprint density at radius 1 is 1.50 bits per heavy atom. The van der Waals surface area contributed by atoms with Crippen molar-refractivity contribution in [2.24, 2.45) is 0 Å². The van der Waals surface area contributed by atoms with Gasteiger partial charge in [0.25, 0.3) is 0 Å². The molecule has 1 fully saturated rings. The molecule has 4 nitrogen and oxygen atoms in total. The first-order chi connectivity index (χ1) is 8.69. The van der Waals surface area contributed by atoms with E-state index in [0.29, 0.717) is 35.4 Å². The Hall–Kier alpha value is -1.26. The van der Waals surface area contributed by atoms with Gasteiger partial charge in [-0.05, 0) is 31.0 Å². The Kier molecular flexibility index (Phi) is 4.44. The summed E-state index contributed by atoms with van der Waals surface area (Å²) in [5.41, 5.74) is 0.630. The lowest BCUT2D eigenvalue weighted by molar-refractivity contribution is -0.121. The van der Waals surface area contributed by atoms with Crippen molar-refractivity contribution in [3.8, 4) is 5.75 Å². The van der Waals surface area contributed by atoms with Gasteiger partial charge in [-0.1, -0.05) is 11.6 Å². The van der Waals surface area contributed by atoms with Crippen molar-refractivity contribution in [3.63, 3.8) is 0 Å². The van der Waals surface area contributed by atoms with Crippen LogP contribution in [0.25, 0.3) is 0 Å². The monoisotopic (exact) mass is 269 g/mol. The molecular weight excluding hydrogens is 254 g/mol. The molecule has 1 aliphatic carbocycles. The van der Waals surface area contributed by atoms with Crippen LogP contribution in [0.2, 0.25) is 5.02 Å². The van der Waals surface area contributed by atoms with E-state index in [1.807, 2.05) is 0 Å². The van der Waals surface area contributed by atoms with E-state index in [4.69, 9.17) is 21.4 Å². The second kappa shape index (κ2) is 6.07. The first-order valence-electron chi connectivity index (χ1n) is 6.00. The molecule has 0 radical (unpaired) electrons. The Morgan fingerprint density at radius 3 is 2.94 bits per heavy atom. The number of amides is 1. The molecule has 1 aliphatic rings. The van der Waals surface area contributed by atoms with E-state index in [0.717, 1.165) is 12.8 Å². The normalized spacial score (nSPS) is 14.3. The summed E-state index contributed by atoms with van der Waals surface area (Å²) in [5, 5.41) is 12.6. The van der Waals surface area contributed by atoms with Crippen LogP contribution >= 0.6 is 11.6 Å². The van der Waals surface area contributed by atoms with E-state index in [1.54, 1.807) is 18.2 Å². The lowest BCUT2D eigenvalue weighted by Gasteiger charge is -2.10. The van der Waals surface area contributed by atoms with E-state index >= 15 is 0 Å². The smallest absolute Gasteiger partial charge is 0.223 e. The van der Waals surface area contributed by atoms with Gasteiger partial charge in [-0.2, -0.15) is 0 Å². The first-order valence-corrected chi connectivity index (χ1v) is 6.38. The molecule has 0 unspecified atom stereocenters. The van der Waals surface area contributed by atoms with E-state index in [1.165, 1.54) is 0 Å². The fraction of sp³-hybridized carbons (Fsp3) is 0.462. The summed E-state index contributed by atoms with van der Waals surface area (Å²) in [5.74, 6) is 0.582. The third-order valence-corrected chi connectivity index (χ3v) is 2.96. The summed E-state index contributed by atoms with van der Waals surface area (Å²) >= 11 is 5.81. The summed E-state index contributed by atoms with van der Waals surface area (Å²) in [6.45, 7) is 0.164. The molecule has 5 heteroatoms. The molecule has 18 heavy (non-hydrogen) atoms. The maximum Gasteiger partial charge on any atom is 0.223 e. The van der Waals surface area contributed by atoms with Crippen molar-refractivity contribution in [2.45, 2.75) is 31.9 Å². The molecule has 0 aromatic heterocycles. The lowest BCUT2D eigenvalue weighted by atomic mass is 10.2. The second-order valence-corrected chi connectivity index (χ2v) is 4.79. The standard InChI is InChI=1S/C13H16ClNO3/c14-10-1-4-12(9(7-10)8-16)18-6-5-13(17)15-11-2-3-11/h1,4,7,11,16H,2-3,5-6,8H2,(H,15,17). The van der Waals surface area contributed by atoms with Gasteiger partial charge in [0.15, 0.2) is 0 Å². The van der Waals surface area contributed by atoms with E-state index in [-0.39, 0.29) is 12.5 Å². The van der Waals surface area contributed by atoms with E-state index in [9.17, 15) is 4.79 Å². The highest BCUT2D eigenvalue weighted by molar-refractivity contribution is 6.30. The predicted octanol–water partition coefficient (Wildman–Crippen LogP) is 1.88. The average molecular weight is 270 g/mol. The van der Waals surface area contributed by atoms with Crippen LogP contribution in [0.5, 0.6) is 5.75 Å². The van der Waals surface area contributed by atoms with Gasteiger partial charge < -0.3 is 15.2 Å². The van der Waals surface area contributed by atoms with Crippen molar-refractivity contribution in [1.82, 2.24) is 5.32 Å². The zero-order valence-corrected chi connectivity index (χ0v) is 10.7. The molecule has 0 spiro atoms. The molecule has 0 bridgehead atoms. The van der Waals surface area contributed by atoms with Crippen LogP contribution in [-0.4, -0.2) is 23.7 Å². The Bertz CT molecular complexity index is 432. The van der Waals surface area contributed by atoms with Gasteiger partial charge in [0, 0.05) is 16.6 Å². The molecule has 2 N–H and O–H groups in total. The number of carbonyl (C=O) groups excluding carboxylic acids is 1. The highest BCUT2D eigenvalue weighted by atomic mass is 35.5. The Labute approximate surface area is 111 Å². The van der Waals surface area contributed by atoms with Crippen molar-refractivity contribution >= 4 is 17.5 Å². The number of hydrogen-bond acceptors (Lipinski definition) is 3. The molecule has 1 saturated carbocycles. The SMILES string of the molecule is O=C(CCOc1ccc(Cl)cc1CO)NC1CC1. The number of aliphatic hydroxyl groups is 1. The van der Waals surface area contributed by atoms with Gasteiger partial charge in [-0.3, -0.25) is 4.79 Å². The topological polar surface area (TPSA) is 58.6 Å². The van der Waals surface area contributed by atoms with Crippen LogP contribution < -0.4 is 10.1 Å². The summed E-state index contributed by atoms with van der Waals surface area (Å²) < 4.78 is 5.48. The number of rotatable bonds is 6. The van der Waals surface area contributed by atoms with Crippen LogP contribution in [-0.2, 0) is 11.4 Å². The van der Waals surface area contributed by atoms with Gasteiger partial charge >= 0.3 is 0 Å². The van der Waals surface area contributed by atoms with Crippen molar-refractivity contribution in [2.75, 3.05) is 6.61 Å². The van der Waals surface area contributed by atoms with Crippen LogP contribution in [0.3, 0.4) is 0 Å². The van der Waals surface area contributed by atoms with Crippen LogP contribution in [0.4, 0.5) is 0 Å². The number of nitrogens with one attached hydrogen (secondary N) is 1. The van der Waals surface area contributed by atoms with Crippen LogP contribution in [0, 0.1) is 0 Å². The largest absolute Gasteiger partial charge is 0.493 e. The average Bonchev–Trinajstić information content (AvgIpc) is 3.14. The van der Waals surface area contributed by atoms with Crippen molar-refractivity contribution < 1.29 is 14.6 Å². The summed E-state index contributed by atoms with van der Waals surface area (Å²) in [6.07, 6.45) is 2.49. The Balaban J connectivity index is 1.79. The molecule has 1 aromatic rings. The molecular formula is C13H16ClNO3. The van der Waals surface area contributed by atoms with Gasteiger partial charge in [0.2, 0.25) is 5.91 Å². The summed E-state index contributed by atoms with van der Waals surface area (Å²) in [6, 6.07) is 5.43. The lowest BCUT2D eigenvalue weighted by Crippen LogP contribution is -2.26. The fourth-order valence-electron chi connectivity index (χ4n) is 1.59. The number of ether oxygens (including phenoxy) is 1. The minimum Gasteiger partial charge on any atom is -0.493 e. The predicted molar refractivity (Wildman–Crippen MR) is 68.7 cm³/mol. The minimum atomic E-state index is -0.135. The third kappa shape index (κ3) is 3.89. The summed E-state index contributed by atoms with van der Waals surface area (Å²) in [7, 11) is 0. The number of halogens is 1. The molecule has 0 aliphatic heterocycles. The molecule has 1 aromatic carbocycles. The fourth-order valence-corrected chi connectivity index (χ4v) is 1.79. The molecule has 0 atom stereocenters. The molecule has 1 amide bonds. The van der Waals surface area contributed by atoms with Crippen molar-refractivity contribution in [1.29, 1.82) is 0 Å². The number of aliphatic hydroxyl groups excluding tert-OH is 1. The van der Waals surface area contributed by atoms with Crippen LogP contribution in [0.15, 0.2) is 18.2 Å². The third-order valence-electron chi connectivity index (χ3n) is 2.72. The maximum absolute atomic E-state index is 11.4. The highest BCUT2D eigenvalue weighted by Gasteiger charge is 2.22. The van der Waals surface area contributed by atoms with Gasteiger partial charge in [-0.15, -0.1) is 0 Å². The molecule has 2 rings (SSSR count). The van der Waals surface area contributed by atoms with Gasteiger partial charge in [0.1, 0.15) is 5.75 Å². The zero-order valence-electron chi connectivity index (χ0n) is 9.99. The first kappa shape index (κ1) is 13.2. The van der Waals surface area contributed by atoms with Crippen LogP contribution in [0.1, 0.15) is 24.8 Å². The zero-order chi connectivity index (χ0) is 13.0. The number of hydrogen-bond donors (Lipinski definition) is 2. The van der Waals surface area contributed by atoms with Crippen molar-refractivity contribution in [3.05, 3.63) is 28.8 Å². The van der Waals surface area contributed by atoms with Gasteiger partial charge in [-0.25, -0.2) is 0 Å². The maximum atomic E-state index is 11.4. The second-order valence-electron chi connectivity index (χ2n) is 4.35. The van der Waals surface area contributed by atoms with Gasteiger partial charge in [0.05, 0.1) is 19.6 Å². The molecule has 0 heterocycles. The quantitative estimate of drug-likeness (QED) is 0.829. The molecule has 0 saturated heterocycles. The number of benzene rings is 1. The Morgan fingerprint density at radius 2 is 2.28 bits per heavy atom. The van der Waals surface area contributed by atoms with E-state index < -0.39 is 0 Å². The molecule has 98 valence electrons. The minimum absolute atomic E-state index is 0.0111. The summed E-state index contributed by atoms with van der Waals surface area (Å²) in [4.78, 5) is 11.4. The van der Waals surface area contributed by atoms with E-state index in [2.05, 4.69) is 5.32 Å². The highest BCUT2D eigenvalue weighted by Crippen LogP contribution is 2.23. The number of carbonyl (C=O) groups is 1.